The summed E-state index contributed by atoms with van der Waals surface area (Å²) in [6.45, 7) is 21.7. The first-order valence-corrected chi connectivity index (χ1v) is 27.7. The van der Waals surface area contributed by atoms with E-state index in [0.29, 0.717) is 49.2 Å². The molecule has 0 radical (unpaired) electrons. The second-order valence-electron chi connectivity index (χ2n) is 23.6. The summed E-state index contributed by atoms with van der Waals surface area (Å²) >= 11 is 0. The van der Waals surface area contributed by atoms with E-state index in [-0.39, 0.29) is 62.7 Å². The molecule has 4 aliphatic heterocycles. The first-order chi connectivity index (χ1) is 36.7. The quantitative estimate of drug-likeness (QED) is 0.119. The van der Waals surface area contributed by atoms with Gasteiger partial charge in [-0.15, -0.1) is 5.10 Å². The van der Waals surface area contributed by atoms with Crippen molar-refractivity contribution in [3.05, 3.63) is 78.0 Å². The number of hydrogen-bond acceptors (Lipinski definition) is 17. The average Bonchev–Trinajstić information content (AvgIpc) is 4.01. The molecule has 4 fully saturated rings. The molecule has 7 rings (SSSR count). The molecule has 5 N–H and O–H groups in total. The van der Waals surface area contributed by atoms with Gasteiger partial charge in [-0.1, -0.05) is 63.8 Å². The van der Waals surface area contributed by atoms with Crippen molar-refractivity contribution in [1.29, 1.82) is 0 Å². The fourth-order valence-electron chi connectivity index (χ4n) is 12.6. The smallest absolute Gasteiger partial charge is 0.414 e. The maximum atomic E-state index is 15.4. The van der Waals surface area contributed by atoms with E-state index in [1.807, 2.05) is 40.9 Å². The number of methoxy groups -OCH3 is 1. The van der Waals surface area contributed by atoms with Gasteiger partial charge in [0.25, 0.3) is 0 Å². The highest BCUT2D eigenvalue weighted by Gasteiger charge is 2.54. The molecule has 4 saturated heterocycles. The Kier molecular flexibility index (Phi) is 19.6. The summed E-state index contributed by atoms with van der Waals surface area (Å²) in [5.74, 6) is -3.53. The maximum Gasteiger partial charge on any atom is 0.414 e. The predicted octanol–water partition coefficient (Wildman–Crippen LogP) is 5.86. The number of esters is 1. The highest BCUT2D eigenvalue weighted by Crippen LogP contribution is 2.45. The average molecular weight is 1100 g/mol. The third-order valence-electron chi connectivity index (χ3n) is 17.3. The molecule has 0 spiro atoms. The summed E-state index contributed by atoms with van der Waals surface area (Å²) in [6.07, 6.45) is -3.86. The SMILES string of the molecule is C=C1[C@@H](O)[C@](C)(O)[C@@H](CC)OC(=O)[C@H](C)C([C@H]2C[C@@](C)(OC)[C@@H](O)[C@H](C)O2)[C@H](C)[C@@H](O[C@H]2C[C@@H](N(C)CCc3cn(C[C@H]4CN(c5ccc(-c6ccc(CO)cc6)c(F)c5)C(=O)O4)nn3)C[C@@H](C)O2)[C@](C)(O)C[C@@H](C)CN1C. The summed E-state index contributed by atoms with van der Waals surface area (Å²) in [6, 6.07) is 11.6. The van der Waals surface area contributed by atoms with Crippen molar-refractivity contribution in [3.63, 3.8) is 0 Å². The van der Waals surface area contributed by atoms with Gasteiger partial charge in [0.1, 0.15) is 35.8 Å². The third kappa shape index (κ3) is 13.6. The van der Waals surface area contributed by atoms with E-state index >= 15 is 4.39 Å². The summed E-state index contributed by atoms with van der Waals surface area (Å²) in [5.41, 5.74) is -1.39. The van der Waals surface area contributed by atoms with Gasteiger partial charge in [0.15, 0.2) is 6.29 Å². The predicted molar refractivity (Wildman–Crippen MR) is 289 cm³/mol. The van der Waals surface area contributed by atoms with Crippen molar-refractivity contribution >= 4 is 17.7 Å². The van der Waals surface area contributed by atoms with E-state index in [9.17, 15) is 35.1 Å². The van der Waals surface area contributed by atoms with Crippen LogP contribution in [0.15, 0.2) is 60.9 Å². The van der Waals surface area contributed by atoms with Crippen molar-refractivity contribution in [2.75, 3.05) is 45.7 Å². The number of benzene rings is 2. The number of aliphatic hydroxyl groups is 5. The van der Waals surface area contributed by atoms with Crippen LogP contribution in [-0.4, -0.2) is 181 Å². The van der Waals surface area contributed by atoms with Gasteiger partial charge in [0.05, 0.1) is 72.6 Å². The zero-order chi connectivity index (χ0) is 57.2. The summed E-state index contributed by atoms with van der Waals surface area (Å²) < 4.78 is 55.2. The van der Waals surface area contributed by atoms with Crippen LogP contribution in [0.4, 0.5) is 14.9 Å². The Morgan fingerprint density at radius 2 is 1.67 bits per heavy atom. The first kappa shape index (κ1) is 61.0. The lowest BCUT2D eigenvalue weighted by Gasteiger charge is -2.51. The molecule has 1 aromatic heterocycles. The molecule has 20 heteroatoms. The van der Waals surface area contributed by atoms with Gasteiger partial charge in [-0.25, -0.2) is 13.9 Å². The van der Waals surface area contributed by atoms with Crippen LogP contribution >= 0.6 is 0 Å². The van der Waals surface area contributed by atoms with Crippen LogP contribution in [0, 0.1) is 29.5 Å². The van der Waals surface area contributed by atoms with Gasteiger partial charge >= 0.3 is 12.1 Å². The van der Waals surface area contributed by atoms with Gasteiger partial charge in [-0.2, -0.15) is 0 Å². The standard InChI is InChI=1S/C58H87FN6O13/c1-14-48-58(10,72)51(67)37(6)63(12)28-33(2)26-56(8,71)53(35(4)50(36(5)54(69)77-48)47-27-57(9,73-13)52(68)38(7)75-47)78-49-25-43(23-34(3)74-49)62(11)22-21-41-29-64(61-60-41)30-44-31-65(55(70)76-44)42-19-20-45(46(59)24-42)40-17-15-39(32-66)16-18-40/h15-20,24,29,33-36,38,43-44,47-53,66-68,71-72H,6,14,21-23,25-28,30-32H2,1-5,7-13H3/t33-,34-,35+,36-,38+,43+,44+,47-,48-,49+,50?,51-,52+,53-,56-,57-,58-/m1/s1. The number of likely N-dealkylation sites (N-methyl/N-ethyl adjacent to an activating group) is 2. The first-order valence-electron chi connectivity index (χ1n) is 27.7. The molecule has 434 valence electrons. The van der Waals surface area contributed by atoms with Crippen molar-refractivity contribution < 1.29 is 67.9 Å². The molecule has 19 nitrogen and oxygen atoms in total. The summed E-state index contributed by atoms with van der Waals surface area (Å²) in [4.78, 5) is 33.1. The van der Waals surface area contributed by atoms with Gasteiger partial charge < -0.3 is 63.8 Å². The molecular weight excluding hydrogens is 1010 g/mol. The number of ether oxygens (including phenoxy) is 6. The number of nitrogens with zero attached hydrogens (tertiary/aromatic N) is 6. The maximum absolute atomic E-state index is 15.4. The van der Waals surface area contributed by atoms with Gasteiger partial charge in [-0.3, -0.25) is 9.69 Å². The van der Waals surface area contributed by atoms with Gasteiger partial charge in [-0.05, 0) is 102 Å². The third-order valence-corrected chi connectivity index (χ3v) is 17.3. The lowest BCUT2D eigenvalue weighted by atomic mass is 9.68. The van der Waals surface area contributed by atoms with Crippen molar-refractivity contribution in [3.8, 4) is 11.1 Å². The molecular formula is C58H87FN6O13. The lowest BCUT2D eigenvalue weighted by Crippen LogP contribution is -2.60. The van der Waals surface area contributed by atoms with Crippen LogP contribution in [0.1, 0.15) is 106 Å². The normalized spacial score (nSPS) is 36.8. The van der Waals surface area contributed by atoms with Crippen molar-refractivity contribution in [2.24, 2.45) is 23.7 Å². The van der Waals surface area contributed by atoms with Crippen LogP contribution in [0.3, 0.4) is 0 Å². The molecule has 17 atom stereocenters. The molecule has 1 unspecified atom stereocenters. The molecule has 0 saturated carbocycles. The molecule has 78 heavy (non-hydrogen) atoms. The van der Waals surface area contributed by atoms with Crippen LogP contribution in [0.5, 0.6) is 0 Å². The molecule has 0 bridgehead atoms. The van der Waals surface area contributed by atoms with E-state index in [2.05, 4.69) is 21.8 Å². The molecule has 0 aliphatic carbocycles. The molecule has 5 heterocycles. The Bertz CT molecular complexity index is 2510. The van der Waals surface area contributed by atoms with Crippen LogP contribution in [-0.2, 0) is 52.8 Å². The fraction of sp³-hybridized carbons (Fsp3) is 0.690. The Hall–Kier alpha value is -4.61. The topological polar surface area (TPSA) is 231 Å². The van der Waals surface area contributed by atoms with Crippen LogP contribution in [0.25, 0.3) is 11.1 Å². The fourth-order valence-corrected chi connectivity index (χ4v) is 12.6. The largest absolute Gasteiger partial charge is 0.459 e. The minimum Gasteiger partial charge on any atom is -0.459 e. The van der Waals surface area contributed by atoms with E-state index < -0.39 is 101 Å². The number of anilines is 1. The number of carbonyl (C=O) groups excluding carboxylic acids is 2. The number of cyclic esters (lactones) is 2. The highest BCUT2D eigenvalue weighted by atomic mass is 19.1. The number of rotatable bonds is 14. The number of carbonyl (C=O) groups is 2. The van der Waals surface area contributed by atoms with Crippen molar-refractivity contribution in [2.45, 2.75) is 192 Å². The second kappa shape index (κ2) is 25.0. The summed E-state index contributed by atoms with van der Waals surface area (Å²) in [7, 11) is 5.34. The number of hydrogen-bond donors (Lipinski definition) is 5. The zero-order valence-electron chi connectivity index (χ0n) is 47.8. The Balaban J connectivity index is 1.06. The number of aliphatic hydroxyl groups excluding tert-OH is 3. The summed E-state index contributed by atoms with van der Waals surface area (Å²) in [5, 5.41) is 65.9. The van der Waals surface area contributed by atoms with Crippen LogP contribution < -0.4 is 4.90 Å². The molecule has 4 aliphatic rings. The van der Waals surface area contributed by atoms with Gasteiger partial charge in [0.2, 0.25) is 0 Å². The van der Waals surface area contributed by atoms with E-state index in [4.69, 9.17) is 28.4 Å². The molecule has 1 amide bonds. The number of halogens is 1. The zero-order valence-corrected chi connectivity index (χ0v) is 47.8. The number of aromatic nitrogens is 3. The Labute approximate surface area is 459 Å². The second-order valence-corrected chi connectivity index (χ2v) is 23.6. The Morgan fingerprint density at radius 3 is 2.32 bits per heavy atom. The minimum absolute atomic E-state index is 0.00851. The monoisotopic (exact) mass is 1090 g/mol. The molecule has 2 aromatic carbocycles. The van der Waals surface area contributed by atoms with Crippen molar-refractivity contribution in [1.82, 2.24) is 24.8 Å². The van der Waals surface area contributed by atoms with E-state index in [0.717, 1.165) is 11.3 Å². The van der Waals surface area contributed by atoms with E-state index in [1.165, 1.54) is 25.0 Å². The minimum atomic E-state index is -1.91. The van der Waals surface area contributed by atoms with Crippen LogP contribution in [0.2, 0.25) is 0 Å². The number of amides is 1. The Morgan fingerprint density at radius 1 is 0.962 bits per heavy atom. The lowest BCUT2D eigenvalue weighted by molar-refractivity contribution is -0.275. The van der Waals surface area contributed by atoms with E-state index in [1.54, 1.807) is 80.7 Å². The highest BCUT2D eigenvalue weighted by molar-refractivity contribution is 5.90. The van der Waals surface area contributed by atoms with Gasteiger partial charge in [0, 0.05) is 75.9 Å². The molecule has 3 aromatic rings.